The summed E-state index contributed by atoms with van der Waals surface area (Å²) in [5.41, 5.74) is 0. The molecule has 0 amide bonds. The van der Waals surface area contributed by atoms with Crippen molar-refractivity contribution in [1.29, 1.82) is 0 Å². The number of hydrogen-bond acceptors (Lipinski definition) is 4. The number of sulfonamides is 1. The third kappa shape index (κ3) is 4.73. The van der Waals surface area contributed by atoms with Gasteiger partial charge in [0.1, 0.15) is 10.6 Å². The van der Waals surface area contributed by atoms with E-state index >= 15 is 0 Å². The van der Waals surface area contributed by atoms with Gasteiger partial charge in [-0.05, 0) is 44.5 Å². The Hall–Kier alpha value is -0.530. The summed E-state index contributed by atoms with van der Waals surface area (Å²) in [4.78, 5) is 0.125. The molecule has 23 heavy (non-hydrogen) atoms. The molecule has 1 aliphatic heterocycles. The Morgan fingerprint density at radius 1 is 1.35 bits per heavy atom. The van der Waals surface area contributed by atoms with Crippen LogP contribution in [-0.4, -0.2) is 45.5 Å². The standard InChI is InChI=1S/C15H23ClN2O3S.ClH/c1-3-10-18(12-6-8-17-9-7-12)22(19,20)15-11-13(21-2)4-5-14(15)16;/h4-5,11-12,17H,3,6-10H2,1-2H3;1H. The number of halogens is 2. The van der Waals surface area contributed by atoms with Crippen molar-refractivity contribution in [3.8, 4) is 5.75 Å². The summed E-state index contributed by atoms with van der Waals surface area (Å²) in [6, 6.07) is 4.76. The van der Waals surface area contributed by atoms with Gasteiger partial charge < -0.3 is 10.1 Å². The molecular weight excluding hydrogens is 359 g/mol. The van der Waals surface area contributed by atoms with Crippen LogP contribution in [0.4, 0.5) is 0 Å². The van der Waals surface area contributed by atoms with Gasteiger partial charge >= 0.3 is 0 Å². The number of hydrogen-bond donors (Lipinski definition) is 1. The lowest BCUT2D eigenvalue weighted by Crippen LogP contribution is -2.46. The molecule has 5 nitrogen and oxygen atoms in total. The molecule has 132 valence electrons. The van der Waals surface area contributed by atoms with E-state index in [1.54, 1.807) is 16.4 Å². The van der Waals surface area contributed by atoms with Crippen LogP contribution in [0.1, 0.15) is 26.2 Å². The fraction of sp³-hybridized carbons (Fsp3) is 0.600. The number of rotatable bonds is 6. The topological polar surface area (TPSA) is 58.6 Å². The SMILES string of the molecule is CCCN(C1CCNCC1)S(=O)(=O)c1cc(OC)ccc1Cl.Cl. The molecule has 0 aliphatic carbocycles. The smallest absolute Gasteiger partial charge is 0.244 e. The number of benzene rings is 1. The molecular formula is C15H24Cl2N2O3S. The van der Waals surface area contributed by atoms with E-state index < -0.39 is 10.0 Å². The van der Waals surface area contributed by atoms with E-state index in [9.17, 15) is 8.42 Å². The van der Waals surface area contributed by atoms with E-state index in [-0.39, 0.29) is 28.4 Å². The average molecular weight is 383 g/mol. The molecule has 8 heteroatoms. The highest BCUT2D eigenvalue weighted by molar-refractivity contribution is 7.89. The van der Waals surface area contributed by atoms with Gasteiger partial charge in [-0.15, -0.1) is 12.4 Å². The minimum Gasteiger partial charge on any atom is -0.497 e. The van der Waals surface area contributed by atoms with Crippen molar-refractivity contribution in [3.63, 3.8) is 0 Å². The fourth-order valence-corrected chi connectivity index (χ4v) is 5.02. The van der Waals surface area contributed by atoms with Crippen LogP contribution >= 0.6 is 24.0 Å². The van der Waals surface area contributed by atoms with E-state index in [0.29, 0.717) is 12.3 Å². The van der Waals surface area contributed by atoms with Crippen LogP contribution < -0.4 is 10.1 Å². The lowest BCUT2D eigenvalue weighted by atomic mass is 10.1. The molecule has 0 spiro atoms. The van der Waals surface area contributed by atoms with Gasteiger partial charge in [-0.1, -0.05) is 18.5 Å². The first-order valence-electron chi connectivity index (χ1n) is 7.56. The molecule has 2 rings (SSSR count). The molecule has 0 bridgehead atoms. The van der Waals surface area contributed by atoms with E-state index in [0.717, 1.165) is 32.4 Å². The van der Waals surface area contributed by atoms with Crippen LogP contribution in [0, 0.1) is 0 Å². The Kier molecular flexibility index (Phi) is 8.10. The summed E-state index contributed by atoms with van der Waals surface area (Å²) < 4.78 is 32.9. The van der Waals surface area contributed by atoms with Gasteiger partial charge in [0.25, 0.3) is 0 Å². The van der Waals surface area contributed by atoms with Crippen molar-refractivity contribution in [3.05, 3.63) is 23.2 Å². The quantitative estimate of drug-likeness (QED) is 0.821. The van der Waals surface area contributed by atoms with Crippen molar-refractivity contribution < 1.29 is 13.2 Å². The second-order valence-corrected chi connectivity index (χ2v) is 7.66. The summed E-state index contributed by atoms with van der Waals surface area (Å²) in [7, 11) is -2.12. The molecule has 0 atom stereocenters. The molecule has 1 heterocycles. The van der Waals surface area contributed by atoms with Crippen molar-refractivity contribution >= 4 is 34.0 Å². The Bertz CT molecular complexity index is 605. The largest absolute Gasteiger partial charge is 0.497 e. The summed E-state index contributed by atoms with van der Waals surface area (Å²) in [5, 5.41) is 3.50. The molecule has 0 saturated carbocycles. The maximum atomic E-state index is 13.1. The summed E-state index contributed by atoms with van der Waals surface area (Å²) in [6.45, 7) is 4.16. The molecule has 1 saturated heterocycles. The van der Waals surface area contributed by atoms with E-state index in [4.69, 9.17) is 16.3 Å². The predicted octanol–water partition coefficient (Wildman–Crippen LogP) is 2.92. The van der Waals surface area contributed by atoms with Gasteiger partial charge in [0.2, 0.25) is 10.0 Å². The fourth-order valence-electron chi connectivity index (χ4n) is 2.75. The molecule has 1 aromatic rings. The average Bonchev–Trinajstić information content (AvgIpc) is 2.53. The maximum absolute atomic E-state index is 13.1. The van der Waals surface area contributed by atoms with Crippen LogP contribution in [0.2, 0.25) is 5.02 Å². The highest BCUT2D eigenvalue weighted by Crippen LogP contribution is 2.31. The third-order valence-corrected chi connectivity index (χ3v) is 6.32. The van der Waals surface area contributed by atoms with Gasteiger partial charge in [0.15, 0.2) is 0 Å². The van der Waals surface area contributed by atoms with Crippen molar-refractivity contribution in [2.45, 2.75) is 37.1 Å². The van der Waals surface area contributed by atoms with Crippen LogP contribution in [0.15, 0.2) is 23.1 Å². The summed E-state index contributed by atoms with van der Waals surface area (Å²) in [5.74, 6) is 0.490. The van der Waals surface area contributed by atoms with Gasteiger partial charge in [-0.3, -0.25) is 0 Å². The second-order valence-electron chi connectivity index (χ2n) is 5.39. The Morgan fingerprint density at radius 3 is 2.57 bits per heavy atom. The van der Waals surface area contributed by atoms with Gasteiger partial charge in [-0.2, -0.15) is 4.31 Å². The first kappa shape index (κ1) is 20.5. The lowest BCUT2D eigenvalue weighted by Gasteiger charge is -2.33. The molecule has 1 aromatic carbocycles. The molecule has 1 fully saturated rings. The Balaban J connectivity index is 0.00000264. The summed E-state index contributed by atoms with van der Waals surface area (Å²) >= 11 is 6.15. The number of nitrogens with one attached hydrogen (secondary N) is 1. The van der Waals surface area contributed by atoms with Gasteiger partial charge in [0.05, 0.1) is 12.1 Å². The van der Waals surface area contributed by atoms with E-state index in [1.807, 2.05) is 6.92 Å². The van der Waals surface area contributed by atoms with Crippen molar-refractivity contribution in [2.24, 2.45) is 0 Å². The van der Waals surface area contributed by atoms with E-state index in [1.165, 1.54) is 13.2 Å². The zero-order valence-electron chi connectivity index (χ0n) is 13.4. The van der Waals surface area contributed by atoms with Crippen LogP contribution in [0.3, 0.4) is 0 Å². The van der Waals surface area contributed by atoms with Crippen LogP contribution in [0.5, 0.6) is 5.75 Å². The number of nitrogens with zero attached hydrogens (tertiary/aromatic N) is 1. The predicted molar refractivity (Wildman–Crippen MR) is 95.3 cm³/mol. The second kappa shape index (κ2) is 9.08. The Morgan fingerprint density at radius 2 is 2.00 bits per heavy atom. The van der Waals surface area contributed by atoms with Gasteiger partial charge in [-0.25, -0.2) is 8.42 Å². The number of methoxy groups -OCH3 is 1. The molecule has 1 N–H and O–H groups in total. The van der Waals surface area contributed by atoms with Crippen molar-refractivity contribution in [2.75, 3.05) is 26.7 Å². The molecule has 0 unspecified atom stereocenters. The highest BCUT2D eigenvalue weighted by atomic mass is 35.5. The first-order chi connectivity index (χ1) is 10.5. The number of ether oxygens (including phenoxy) is 1. The first-order valence-corrected chi connectivity index (χ1v) is 9.38. The van der Waals surface area contributed by atoms with Gasteiger partial charge in [0, 0.05) is 18.7 Å². The normalized spacial score (nSPS) is 16.2. The summed E-state index contributed by atoms with van der Waals surface area (Å²) in [6.07, 6.45) is 2.41. The zero-order chi connectivity index (χ0) is 16.2. The highest BCUT2D eigenvalue weighted by Gasteiger charge is 2.33. The molecule has 0 radical (unpaired) electrons. The maximum Gasteiger partial charge on any atom is 0.244 e. The van der Waals surface area contributed by atoms with Crippen LogP contribution in [-0.2, 0) is 10.0 Å². The Labute approximate surface area is 149 Å². The third-order valence-electron chi connectivity index (χ3n) is 3.88. The zero-order valence-corrected chi connectivity index (χ0v) is 15.8. The lowest BCUT2D eigenvalue weighted by molar-refractivity contribution is 0.262. The minimum atomic E-state index is -3.63. The minimum absolute atomic E-state index is 0. The number of piperidine rings is 1. The monoisotopic (exact) mass is 382 g/mol. The van der Waals surface area contributed by atoms with E-state index in [2.05, 4.69) is 5.32 Å². The molecule has 0 aromatic heterocycles. The van der Waals surface area contributed by atoms with Crippen molar-refractivity contribution in [1.82, 2.24) is 9.62 Å². The van der Waals surface area contributed by atoms with Crippen LogP contribution in [0.25, 0.3) is 0 Å². The molecule has 1 aliphatic rings.